The van der Waals surface area contributed by atoms with E-state index in [4.69, 9.17) is 4.74 Å². The molecule has 6 heteroatoms. The van der Waals surface area contributed by atoms with Crippen molar-refractivity contribution in [3.63, 3.8) is 0 Å². The molecule has 2 aromatic carbocycles. The molecule has 140 valence electrons. The molecule has 2 aromatic rings. The monoisotopic (exact) mass is 365 g/mol. The average Bonchev–Trinajstić information content (AvgIpc) is 2.68. The number of nitrogens with zero attached hydrogens (tertiary/aromatic N) is 1. The molecule has 0 spiro atoms. The number of hydrogen-bond acceptors (Lipinski definition) is 4. The summed E-state index contributed by atoms with van der Waals surface area (Å²) in [5, 5.41) is 6.08. The number of nitrogens with one attached hydrogen (secondary N) is 2. The van der Waals surface area contributed by atoms with Crippen LogP contribution < -0.4 is 20.3 Å². The van der Waals surface area contributed by atoms with Crippen LogP contribution in [0.1, 0.15) is 25.8 Å². The van der Waals surface area contributed by atoms with E-state index >= 15 is 0 Å². The van der Waals surface area contributed by atoms with Crippen LogP contribution >= 0.6 is 0 Å². The number of rotatable bonds is 3. The van der Waals surface area contributed by atoms with E-state index in [1.807, 2.05) is 36.1 Å². The third-order valence-electron chi connectivity index (χ3n) is 5.04. The van der Waals surface area contributed by atoms with Gasteiger partial charge in [-0.1, -0.05) is 18.2 Å². The van der Waals surface area contributed by atoms with Gasteiger partial charge in [0.05, 0.1) is 5.69 Å². The molecule has 4 rings (SSSR count). The first-order valence-electron chi connectivity index (χ1n) is 9.30. The maximum Gasteiger partial charge on any atom is 0.265 e. The number of fused-ring (bicyclic) bond motifs is 2. The van der Waals surface area contributed by atoms with E-state index in [0.29, 0.717) is 11.4 Å². The van der Waals surface area contributed by atoms with Gasteiger partial charge in [-0.05, 0) is 56.5 Å². The van der Waals surface area contributed by atoms with Gasteiger partial charge in [0, 0.05) is 17.9 Å². The maximum atomic E-state index is 13.0. The highest BCUT2D eigenvalue weighted by atomic mass is 16.5. The van der Waals surface area contributed by atoms with Crippen LogP contribution in [0.4, 0.5) is 17.1 Å². The van der Waals surface area contributed by atoms with Crippen LogP contribution in [-0.2, 0) is 16.0 Å². The molecule has 2 heterocycles. The van der Waals surface area contributed by atoms with E-state index in [1.165, 1.54) is 5.56 Å². The number of ether oxygens (including phenoxy) is 1. The molecule has 0 aliphatic carbocycles. The molecule has 2 amide bonds. The zero-order valence-electron chi connectivity index (χ0n) is 15.5. The third kappa shape index (κ3) is 3.35. The Morgan fingerprint density at radius 1 is 1.30 bits per heavy atom. The van der Waals surface area contributed by atoms with E-state index in [0.717, 1.165) is 30.8 Å². The van der Waals surface area contributed by atoms with Gasteiger partial charge in [0.25, 0.3) is 5.91 Å². The second-order valence-corrected chi connectivity index (χ2v) is 7.05. The zero-order chi connectivity index (χ0) is 19.0. The Bertz CT molecular complexity index is 896. The molecule has 0 fully saturated rings. The molecule has 0 saturated heterocycles. The first-order valence-corrected chi connectivity index (χ1v) is 9.30. The minimum Gasteiger partial charge on any atom is -0.479 e. The highest BCUT2D eigenvalue weighted by Crippen LogP contribution is 2.33. The number of anilines is 3. The number of amides is 2. The summed E-state index contributed by atoms with van der Waals surface area (Å²) >= 11 is 0. The minimum absolute atomic E-state index is 0.0359. The predicted molar refractivity (Wildman–Crippen MR) is 105 cm³/mol. The lowest BCUT2D eigenvalue weighted by atomic mass is 10.0. The molecule has 27 heavy (non-hydrogen) atoms. The van der Waals surface area contributed by atoms with E-state index in [2.05, 4.69) is 16.7 Å². The fraction of sp³-hybridized carbons (Fsp3) is 0.333. The smallest absolute Gasteiger partial charge is 0.265 e. The Balaban J connectivity index is 1.50. The molecule has 6 nitrogen and oxygen atoms in total. The zero-order valence-corrected chi connectivity index (χ0v) is 15.5. The lowest BCUT2D eigenvalue weighted by Gasteiger charge is -2.32. The van der Waals surface area contributed by atoms with Crippen LogP contribution in [0.25, 0.3) is 0 Å². The Morgan fingerprint density at radius 2 is 2.11 bits per heavy atom. The normalized spacial score (nSPS) is 19.3. The largest absolute Gasteiger partial charge is 0.479 e. The summed E-state index contributed by atoms with van der Waals surface area (Å²) in [4.78, 5) is 26.7. The van der Waals surface area contributed by atoms with Crippen molar-refractivity contribution in [2.24, 2.45) is 0 Å². The Hall–Kier alpha value is -3.02. The van der Waals surface area contributed by atoms with E-state index < -0.39 is 12.1 Å². The fourth-order valence-electron chi connectivity index (χ4n) is 3.61. The van der Waals surface area contributed by atoms with Crippen LogP contribution in [0.15, 0.2) is 42.5 Å². The van der Waals surface area contributed by atoms with Crippen LogP contribution in [-0.4, -0.2) is 30.5 Å². The van der Waals surface area contributed by atoms with Gasteiger partial charge in [-0.15, -0.1) is 0 Å². The summed E-state index contributed by atoms with van der Waals surface area (Å²) in [6.07, 6.45) is 1.47. The maximum absolute atomic E-state index is 13.0. The van der Waals surface area contributed by atoms with E-state index in [-0.39, 0.29) is 11.8 Å². The summed E-state index contributed by atoms with van der Waals surface area (Å²) < 4.78 is 5.57. The third-order valence-corrected chi connectivity index (χ3v) is 5.04. The van der Waals surface area contributed by atoms with Crippen molar-refractivity contribution in [1.82, 2.24) is 0 Å². The van der Waals surface area contributed by atoms with Gasteiger partial charge in [0.1, 0.15) is 11.8 Å². The second kappa shape index (κ2) is 6.95. The molecule has 0 unspecified atom stereocenters. The topological polar surface area (TPSA) is 70.7 Å². The Labute approximate surface area is 158 Å². The van der Waals surface area contributed by atoms with Crippen LogP contribution in [0, 0.1) is 0 Å². The lowest BCUT2D eigenvalue weighted by Crippen LogP contribution is -2.44. The van der Waals surface area contributed by atoms with Gasteiger partial charge in [-0.25, -0.2) is 0 Å². The number of carbonyl (C=O) groups is 2. The minimum atomic E-state index is -0.504. The first-order chi connectivity index (χ1) is 13.0. The summed E-state index contributed by atoms with van der Waals surface area (Å²) in [7, 11) is 0. The van der Waals surface area contributed by atoms with Crippen molar-refractivity contribution in [2.45, 2.75) is 38.8 Å². The van der Waals surface area contributed by atoms with Gasteiger partial charge < -0.3 is 20.3 Å². The number of benzene rings is 2. The van der Waals surface area contributed by atoms with Crippen molar-refractivity contribution < 1.29 is 14.3 Å². The van der Waals surface area contributed by atoms with Gasteiger partial charge in [-0.2, -0.15) is 0 Å². The number of carbonyl (C=O) groups excluding carboxylic acids is 2. The number of aryl methyl sites for hydroxylation is 1. The molecule has 2 atom stereocenters. The van der Waals surface area contributed by atoms with Gasteiger partial charge in [-0.3, -0.25) is 9.59 Å². The van der Waals surface area contributed by atoms with Crippen molar-refractivity contribution in [1.29, 1.82) is 0 Å². The predicted octanol–water partition coefficient (Wildman–Crippen LogP) is 3.19. The lowest BCUT2D eigenvalue weighted by molar-refractivity contribution is -0.122. The fourth-order valence-corrected chi connectivity index (χ4v) is 3.61. The number of para-hydroxylation sites is 1. The van der Waals surface area contributed by atoms with Crippen molar-refractivity contribution in [3.8, 4) is 5.75 Å². The van der Waals surface area contributed by atoms with Crippen LogP contribution in [0.5, 0.6) is 5.75 Å². The van der Waals surface area contributed by atoms with Crippen molar-refractivity contribution in [3.05, 3.63) is 48.0 Å². The van der Waals surface area contributed by atoms with Crippen LogP contribution in [0.2, 0.25) is 0 Å². The molecule has 2 N–H and O–H groups in total. The molecule has 2 aliphatic heterocycles. The second-order valence-electron chi connectivity index (χ2n) is 7.05. The van der Waals surface area contributed by atoms with Gasteiger partial charge in [0.2, 0.25) is 5.91 Å². The van der Waals surface area contributed by atoms with E-state index in [1.54, 1.807) is 19.1 Å². The summed E-state index contributed by atoms with van der Waals surface area (Å²) in [5.74, 6) is 0.499. The standard InChI is InChI=1S/C21H23N3O3/c1-13(21(26)24-11-5-7-15-6-3-4-8-18(15)24)22-16-9-10-19-17(12-16)23-20(25)14(2)27-19/h3-4,6,8-10,12-14,22H,5,7,11H2,1-2H3,(H,23,25)/t13-,14-/m1/s1. The highest BCUT2D eigenvalue weighted by Gasteiger charge is 2.27. The molecular formula is C21H23N3O3. The van der Waals surface area contributed by atoms with Crippen LogP contribution in [0.3, 0.4) is 0 Å². The molecular weight excluding hydrogens is 342 g/mol. The van der Waals surface area contributed by atoms with E-state index in [9.17, 15) is 9.59 Å². The van der Waals surface area contributed by atoms with Crippen molar-refractivity contribution >= 4 is 28.9 Å². The average molecular weight is 365 g/mol. The molecule has 0 aromatic heterocycles. The van der Waals surface area contributed by atoms with Gasteiger partial charge in [0.15, 0.2) is 6.10 Å². The number of hydrogen-bond donors (Lipinski definition) is 2. The quantitative estimate of drug-likeness (QED) is 0.876. The SMILES string of the molecule is C[C@@H](Nc1ccc2c(c1)NC(=O)[C@@H](C)O2)C(=O)N1CCCc2ccccc21. The van der Waals surface area contributed by atoms with Crippen molar-refractivity contribution in [2.75, 3.05) is 22.1 Å². The first kappa shape index (κ1) is 17.4. The molecule has 0 bridgehead atoms. The summed E-state index contributed by atoms with van der Waals surface area (Å²) in [5.41, 5.74) is 3.60. The Kier molecular flexibility index (Phi) is 4.48. The molecule has 2 aliphatic rings. The molecule has 0 radical (unpaired) electrons. The highest BCUT2D eigenvalue weighted by molar-refractivity contribution is 6.00. The summed E-state index contributed by atoms with van der Waals surface area (Å²) in [6.45, 7) is 4.30. The van der Waals surface area contributed by atoms with Gasteiger partial charge >= 0.3 is 0 Å². The molecule has 0 saturated carbocycles. The Morgan fingerprint density at radius 3 is 2.96 bits per heavy atom. The summed E-state index contributed by atoms with van der Waals surface area (Å²) in [6, 6.07) is 13.1.